The van der Waals surface area contributed by atoms with Gasteiger partial charge in [0.15, 0.2) is 0 Å². The van der Waals surface area contributed by atoms with Crippen molar-refractivity contribution in [3.05, 3.63) is 0 Å². The Kier molecular flexibility index (Phi) is 10.5. The molecule has 4 unspecified atom stereocenters. The quantitative estimate of drug-likeness (QED) is 0.366. The van der Waals surface area contributed by atoms with Gasteiger partial charge in [0.25, 0.3) is 0 Å². The lowest BCUT2D eigenvalue weighted by Crippen LogP contribution is -2.56. The number of likely N-dealkylation sites (tertiary alicyclic amines) is 1. The van der Waals surface area contributed by atoms with E-state index < -0.39 is 47.9 Å². The molecule has 1 fully saturated rings. The van der Waals surface area contributed by atoms with Crippen molar-refractivity contribution in [2.45, 2.75) is 70.6 Å². The van der Waals surface area contributed by atoms with E-state index >= 15 is 0 Å². The Morgan fingerprint density at radius 2 is 1.83 bits per heavy atom. The Morgan fingerprint density at radius 1 is 1.17 bits per heavy atom. The van der Waals surface area contributed by atoms with Crippen LogP contribution in [0, 0.1) is 5.92 Å². The predicted octanol–water partition coefficient (Wildman–Crippen LogP) is 0.178. The average Bonchev–Trinajstić information content (AvgIpc) is 3.14. The highest BCUT2D eigenvalue weighted by Gasteiger charge is 2.38. The van der Waals surface area contributed by atoms with Gasteiger partial charge in [-0.05, 0) is 50.5 Å². The SMILES string of the molecule is CSCCC(N)C(=O)NC(C)C(=O)NC(CC(C)C)C(=O)N1CCCC1C(=O)O. The third-order valence-corrected chi connectivity index (χ3v) is 5.51. The van der Waals surface area contributed by atoms with E-state index in [4.69, 9.17) is 5.73 Å². The Balaban J connectivity index is 2.76. The molecule has 1 saturated heterocycles. The lowest BCUT2D eigenvalue weighted by molar-refractivity contribution is -0.149. The van der Waals surface area contributed by atoms with E-state index in [2.05, 4.69) is 10.6 Å². The van der Waals surface area contributed by atoms with Crippen LogP contribution in [-0.2, 0) is 19.2 Å². The summed E-state index contributed by atoms with van der Waals surface area (Å²) in [5.74, 6) is -1.50. The molecule has 0 radical (unpaired) electrons. The number of carbonyl (C=O) groups is 4. The second-order valence-corrected chi connectivity index (χ2v) is 8.82. The van der Waals surface area contributed by atoms with Crippen LogP contribution in [0.5, 0.6) is 0 Å². The summed E-state index contributed by atoms with van der Waals surface area (Å²) < 4.78 is 0. The number of amides is 3. The highest BCUT2D eigenvalue weighted by molar-refractivity contribution is 7.98. The first-order valence-corrected chi connectivity index (χ1v) is 11.4. The number of nitrogens with zero attached hydrogens (tertiary/aromatic N) is 1. The van der Waals surface area contributed by atoms with Crippen molar-refractivity contribution in [3.63, 3.8) is 0 Å². The number of nitrogens with two attached hydrogens (primary N) is 1. The average molecular weight is 431 g/mol. The number of nitrogens with one attached hydrogen (secondary N) is 2. The number of carbonyl (C=O) groups excluding carboxylic acids is 3. The number of carboxylic acid groups (broad SMARTS) is 1. The summed E-state index contributed by atoms with van der Waals surface area (Å²) in [6.45, 7) is 5.72. The lowest BCUT2D eigenvalue weighted by Gasteiger charge is -2.29. The van der Waals surface area contributed by atoms with Crippen molar-refractivity contribution in [3.8, 4) is 0 Å². The fourth-order valence-electron chi connectivity index (χ4n) is 3.24. The summed E-state index contributed by atoms with van der Waals surface area (Å²) in [7, 11) is 0. The first-order valence-electron chi connectivity index (χ1n) is 9.97. The Hall–Kier alpha value is -1.81. The molecular weight excluding hydrogens is 396 g/mol. The van der Waals surface area contributed by atoms with Crippen LogP contribution < -0.4 is 16.4 Å². The van der Waals surface area contributed by atoms with Gasteiger partial charge in [-0.25, -0.2) is 4.79 Å². The zero-order valence-electron chi connectivity index (χ0n) is 17.6. The number of hydrogen-bond donors (Lipinski definition) is 4. The number of thioether (sulfide) groups is 1. The van der Waals surface area contributed by atoms with Crippen LogP contribution in [0.25, 0.3) is 0 Å². The molecule has 0 aromatic heterocycles. The van der Waals surface area contributed by atoms with Crippen LogP contribution in [0.2, 0.25) is 0 Å². The van der Waals surface area contributed by atoms with Gasteiger partial charge in [0.2, 0.25) is 17.7 Å². The van der Waals surface area contributed by atoms with Crippen LogP contribution in [-0.4, -0.2) is 76.4 Å². The smallest absolute Gasteiger partial charge is 0.326 e. The Bertz CT molecular complexity index is 601. The Morgan fingerprint density at radius 3 is 2.38 bits per heavy atom. The molecule has 1 heterocycles. The fraction of sp³-hybridized carbons (Fsp3) is 0.789. The molecule has 0 saturated carbocycles. The molecule has 0 bridgehead atoms. The zero-order valence-corrected chi connectivity index (χ0v) is 18.5. The van der Waals surface area contributed by atoms with E-state index in [9.17, 15) is 24.3 Å². The summed E-state index contributed by atoms with van der Waals surface area (Å²) in [5, 5.41) is 14.6. The van der Waals surface area contributed by atoms with Gasteiger partial charge in [0.1, 0.15) is 18.1 Å². The van der Waals surface area contributed by atoms with Gasteiger partial charge in [-0.2, -0.15) is 11.8 Å². The van der Waals surface area contributed by atoms with Gasteiger partial charge in [-0.3, -0.25) is 14.4 Å². The van der Waals surface area contributed by atoms with Gasteiger partial charge in [-0.1, -0.05) is 13.8 Å². The molecule has 3 amide bonds. The molecule has 166 valence electrons. The summed E-state index contributed by atoms with van der Waals surface area (Å²) in [6, 6.07) is -3.27. The highest BCUT2D eigenvalue weighted by Crippen LogP contribution is 2.20. The molecule has 0 aromatic carbocycles. The molecule has 0 aliphatic carbocycles. The molecule has 5 N–H and O–H groups in total. The van der Waals surface area contributed by atoms with E-state index in [1.165, 1.54) is 11.8 Å². The largest absolute Gasteiger partial charge is 0.480 e. The molecular formula is C19H34N4O5S. The van der Waals surface area contributed by atoms with Gasteiger partial charge in [0.05, 0.1) is 6.04 Å². The van der Waals surface area contributed by atoms with Crippen LogP contribution in [0.3, 0.4) is 0 Å². The van der Waals surface area contributed by atoms with E-state index in [-0.39, 0.29) is 5.92 Å². The highest BCUT2D eigenvalue weighted by atomic mass is 32.2. The number of rotatable bonds is 11. The first-order chi connectivity index (χ1) is 13.6. The lowest BCUT2D eigenvalue weighted by atomic mass is 10.0. The van der Waals surface area contributed by atoms with Gasteiger partial charge < -0.3 is 26.4 Å². The second-order valence-electron chi connectivity index (χ2n) is 7.84. The minimum Gasteiger partial charge on any atom is -0.480 e. The van der Waals surface area contributed by atoms with Crippen molar-refractivity contribution in [1.29, 1.82) is 0 Å². The van der Waals surface area contributed by atoms with Crippen LogP contribution >= 0.6 is 11.8 Å². The maximum absolute atomic E-state index is 12.9. The van der Waals surface area contributed by atoms with Crippen LogP contribution in [0.1, 0.15) is 46.5 Å². The third-order valence-electron chi connectivity index (χ3n) is 4.86. The molecule has 0 aromatic rings. The predicted molar refractivity (Wildman–Crippen MR) is 112 cm³/mol. The van der Waals surface area contributed by atoms with E-state index in [0.717, 1.165) is 5.75 Å². The summed E-state index contributed by atoms with van der Waals surface area (Å²) in [5.41, 5.74) is 5.82. The van der Waals surface area contributed by atoms with Gasteiger partial charge in [-0.15, -0.1) is 0 Å². The molecule has 0 spiro atoms. The summed E-state index contributed by atoms with van der Waals surface area (Å²) in [6.07, 6.45) is 3.82. The maximum atomic E-state index is 12.9. The number of hydrogen-bond acceptors (Lipinski definition) is 6. The maximum Gasteiger partial charge on any atom is 0.326 e. The molecule has 29 heavy (non-hydrogen) atoms. The van der Waals surface area contributed by atoms with Gasteiger partial charge >= 0.3 is 5.97 Å². The zero-order chi connectivity index (χ0) is 22.1. The molecule has 1 aliphatic heterocycles. The standard InChI is InChI=1S/C19H34N4O5S/c1-11(2)10-14(18(26)23-8-5-6-15(23)19(27)28)22-16(24)12(3)21-17(25)13(20)7-9-29-4/h11-15H,5-10,20H2,1-4H3,(H,21,25)(H,22,24)(H,27,28). The molecule has 1 rings (SSSR count). The molecule has 9 nitrogen and oxygen atoms in total. The topological polar surface area (TPSA) is 142 Å². The van der Waals surface area contributed by atoms with Gasteiger partial charge in [0, 0.05) is 6.54 Å². The van der Waals surface area contributed by atoms with Crippen molar-refractivity contribution in [1.82, 2.24) is 15.5 Å². The molecule has 4 atom stereocenters. The van der Waals surface area contributed by atoms with Crippen LogP contribution in [0.15, 0.2) is 0 Å². The van der Waals surface area contributed by atoms with E-state index in [0.29, 0.717) is 32.2 Å². The van der Waals surface area contributed by atoms with Crippen molar-refractivity contribution in [2.24, 2.45) is 11.7 Å². The Labute approximate surface area is 176 Å². The monoisotopic (exact) mass is 430 g/mol. The summed E-state index contributed by atoms with van der Waals surface area (Å²) in [4.78, 5) is 50.4. The van der Waals surface area contributed by atoms with E-state index in [1.807, 2.05) is 20.1 Å². The van der Waals surface area contributed by atoms with Crippen molar-refractivity contribution >= 4 is 35.5 Å². The van der Waals surface area contributed by atoms with Crippen LogP contribution in [0.4, 0.5) is 0 Å². The van der Waals surface area contributed by atoms with Crippen molar-refractivity contribution < 1.29 is 24.3 Å². The van der Waals surface area contributed by atoms with Crippen molar-refractivity contribution in [2.75, 3.05) is 18.6 Å². The minimum absolute atomic E-state index is 0.111. The first kappa shape index (κ1) is 25.2. The summed E-state index contributed by atoms with van der Waals surface area (Å²) >= 11 is 1.58. The normalized spacial score (nSPS) is 19.5. The fourth-order valence-corrected chi connectivity index (χ4v) is 3.73. The third kappa shape index (κ3) is 7.85. The number of aliphatic carboxylic acids is 1. The second kappa shape index (κ2) is 12.0. The number of carboxylic acids is 1. The molecule has 10 heteroatoms. The molecule has 1 aliphatic rings. The van der Waals surface area contributed by atoms with E-state index in [1.54, 1.807) is 11.8 Å². The minimum atomic E-state index is -1.04.